The van der Waals surface area contributed by atoms with Crippen molar-refractivity contribution in [1.29, 1.82) is 0 Å². The van der Waals surface area contributed by atoms with E-state index in [1.54, 1.807) is 12.3 Å². The summed E-state index contributed by atoms with van der Waals surface area (Å²) < 4.78 is 0. The molecule has 0 saturated heterocycles. The smallest absolute Gasteiger partial charge is 0.257 e. The van der Waals surface area contributed by atoms with Crippen molar-refractivity contribution in [3.8, 4) is 11.8 Å². The fraction of sp³-hybridized carbons (Fsp3) is 0.250. The maximum atomic E-state index is 12.1. The van der Waals surface area contributed by atoms with Crippen LogP contribution in [0.1, 0.15) is 32.8 Å². The van der Waals surface area contributed by atoms with Crippen LogP contribution >= 0.6 is 11.3 Å². The number of amides is 1. The molecule has 0 spiro atoms. The Bertz CT molecular complexity index is 711. The predicted octanol–water partition coefficient (Wildman–Crippen LogP) is 2.75. The number of hydrogen-bond acceptors (Lipinski definition) is 4. The number of aromatic nitrogens is 1. The van der Waals surface area contributed by atoms with Crippen LogP contribution in [0.3, 0.4) is 0 Å². The molecule has 0 aliphatic rings. The fourth-order valence-electron chi connectivity index (χ4n) is 1.65. The average Bonchev–Trinajstić information content (AvgIpc) is 2.89. The molecule has 1 aromatic carbocycles. The van der Waals surface area contributed by atoms with Gasteiger partial charge in [0.15, 0.2) is 5.13 Å². The Hall–Kier alpha value is -2.16. The fourth-order valence-corrected chi connectivity index (χ4v) is 2.33. The van der Waals surface area contributed by atoms with Crippen LogP contribution in [-0.4, -0.2) is 22.6 Å². The predicted molar refractivity (Wildman–Crippen MR) is 84.6 cm³/mol. The molecule has 0 radical (unpaired) electrons. The van der Waals surface area contributed by atoms with Crippen molar-refractivity contribution < 1.29 is 9.90 Å². The van der Waals surface area contributed by atoms with Crippen molar-refractivity contribution in [2.45, 2.75) is 20.3 Å². The van der Waals surface area contributed by atoms with Crippen molar-refractivity contribution in [1.82, 2.24) is 4.98 Å². The summed E-state index contributed by atoms with van der Waals surface area (Å²) in [5.74, 6) is 5.53. The summed E-state index contributed by atoms with van der Waals surface area (Å²) in [5, 5.41) is 12.0. The molecule has 21 heavy (non-hydrogen) atoms. The average molecular weight is 300 g/mol. The van der Waals surface area contributed by atoms with Gasteiger partial charge >= 0.3 is 0 Å². The van der Waals surface area contributed by atoms with Gasteiger partial charge in [-0.3, -0.25) is 10.1 Å². The summed E-state index contributed by atoms with van der Waals surface area (Å²) in [6.45, 7) is 4.03. The van der Waals surface area contributed by atoms with Crippen molar-refractivity contribution in [2.24, 2.45) is 0 Å². The third kappa shape index (κ3) is 4.15. The van der Waals surface area contributed by atoms with Crippen LogP contribution in [0.25, 0.3) is 0 Å². The van der Waals surface area contributed by atoms with Gasteiger partial charge in [-0.2, -0.15) is 0 Å². The second-order valence-corrected chi connectivity index (χ2v) is 5.59. The summed E-state index contributed by atoms with van der Waals surface area (Å²) in [6.07, 6.45) is 2.05. The number of nitrogens with one attached hydrogen (secondary N) is 1. The minimum Gasteiger partial charge on any atom is -0.395 e. The summed E-state index contributed by atoms with van der Waals surface area (Å²) >= 11 is 1.32. The van der Waals surface area contributed by atoms with E-state index >= 15 is 0 Å². The molecule has 2 aromatic rings. The van der Waals surface area contributed by atoms with E-state index in [2.05, 4.69) is 22.1 Å². The van der Waals surface area contributed by atoms with Crippen molar-refractivity contribution >= 4 is 22.4 Å². The number of nitrogens with zero attached hydrogens (tertiary/aromatic N) is 1. The zero-order valence-corrected chi connectivity index (χ0v) is 12.8. The molecule has 0 aliphatic heterocycles. The van der Waals surface area contributed by atoms with Gasteiger partial charge in [0, 0.05) is 12.0 Å². The molecule has 0 atom stereocenters. The first-order valence-electron chi connectivity index (χ1n) is 6.54. The third-order valence-corrected chi connectivity index (χ3v) is 3.77. The summed E-state index contributed by atoms with van der Waals surface area (Å²) in [5.41, 5.74) is 2.85. The van der Waals surface area contributed by atoms with Crippen molar-refractivity contribution in [3.05, 3.63) is 46.0 Å². The minimum absolute atomic E-state index is 0.0438. The van der Waals surface area contributed by atoms with Crippen molar-refractivity contribution in [3.63, 3.8) is 0 Å². The molecule has 1 aromatic heterocycles. The Morgan fingerprint density at radius 3 is 2.90 bits per heavy atom. The maximum Gasteiger partial charge on any atom is 0.257 e. The molecule has 0 saturated carbocycles. The second kappa shape index (κ2) is 7.02. The highest BCUT2D eigenvalue weighted by atomic mass is 32.1. The number of carbonyl (C=O) groups excluding carboxylic acids is 1. The lowest BCUT2D eigenvalue weighted by Crippen LogP contribution is -2.11. The van der Waals surface area contributed by atoms with Gasteiger partial charge in [-0.05, 0) is 37.1 Å². The normalized spacial score (nSPS) is 9.86. The topological polar surface area (TPSA) is 62.2 Å². The number of aliphatic hydroxyl groups is 1. The third-order valence-electron chi connectivity index (χ3n) is 2.94. The molecule has 0 fully saturated rings. The van der Waals surface area contributed by atoms with Crippen LogP contribution in [0.5, 0.6) is 0 Å². The van der Waals surface area contributed by atoms with Crippen molar-refractivity contribution in [2.75, 3.05) is 11.9 Å². The van der Waals surface area contributed by atoms with Gasteiger partial charge in [-0.1, -0.05) is 29.2 Å². The van der Waals surface area contributed by atoms with Crippen LogP contribution in [-0.2, 0) is 0 Å². The Labute approximate surface area is 127 Å². The van der Waals surface area contributed by atoms with Gasteiger partial charge in [0.05, 0.1) is 17.7 Å². The first kappa shape index (κ1) is 15.2. The van der Waals surface area contributed by atoms with Gasteiger partial charge in [-0.15, -0.1) is 0 Å². The first-order valence-corrected chi connectivity index (χ1v) is 7.36. The van der Waals surface area contributed by atoms with E-state index < -0.39 is 0 Å². The highest BCUT2D eigenvalue weighted by Crippen LogP contribution is 2.18. The number of aryl methyl sites for hydroxylation is 2. The summed E-state index contributed by atoms with van der Waals surface area (Å²) in [6, 6.07) is 5.59. The number of anilines is 1. The second-order valence-electron chi connectivity index (χ2n) is 4.56. The standard InChI is InChI=1S/C16H16N2O2S/c1-11-6-7-13(9-12(11)2)15(20)18-16-17-10-14(21-16)5-3-4-8-19/h6-7,9-10,19H,4,8H2,1-2H3,(H,17,18,20). The molecule has 5 heteroatoms. The number of aliphatic hydroxyl groups excluding tert-OH is 1. The zero-order chi connectivity index (χ0) is 15.2. The largest absolute Gasteiger partial charge is 0.395 e. The monoisotopic (exact) mass is 300 g/mol. The van der Waals surface area contributed by atoms with Gasteiger partial charge in [0.25, 0.3) is 5.91 Å². The molecule has 1 amide bonds. The molecular weight excluding hydrogens is 284 g/mol. The van der Waals surface area contributed by atoms with Crippen LogP contribution in [0.15, 0.2) is 24.4 Å². The molecule has 4 nitrogen and oxygen atoms in total. The molecule has 0 aliphatic carbocycles. The lowest BCUT2D eigenvalue weighted by Gasteiger charge is -2.04. The van der Waals surface area contributed by atoms with Gasteiger partial charge in [0.1, 0.15) is 0 Å². The Morgan fingerprint density at radius 1 is 1.38 bits per heavy atom. The number of carbonyl (C=O) groups is 1. The van der Waals surface area contributed by atoms with Crippen LogP contribution in [0, 0.1) is 25.7 Å². The maximum absolute atomic E-state index is 12.1. The van der Waals surface area contributed by atoms with E-state index in [1.807, 2.05) is 26.0 Å². The van der Waals surface area contributed by atoms with Crippen LogP contribution in [0.2, 0.25) is 0 Å². The van der Waals surface area contributed by atoms with Crippen LogP contribution < -0.4 is 5.32 Å². The Kier molecular flexibility index (Phi) is 5.09. The zero-order valence-electron chi connectivity index (χ0n) is 11.9. The lowest BCUT2D eigenvalue weighted by molar-refractivity contribution is 0.102. The molecule has 0 bridgehead atoms. The van der Waals surface area contributed by atoms with Crippen LogP contribution in [0.4, 0.5) is 5.13 Å². The highest BCUT2D eigenvalue weighted by molar-refractivity contribution is 7.16. The SMILES string of the molecule is Cc1ccc(C(=O)Nc2ncc(C#CCCO)s2)cc1C. The molecule has 1 heterocycles. The Morgan fingerprint density at radius 2 is 2.19 bits per heavy atom. The summed E-state index contributed by atoms with van der Waals surface area (Å²) in [7, 11) is 0. The van der Waals surface area contributed by atoms with Gasteiger partial charge < -0.3 is 5.11 Å². The number of rotatable bonds is 3. The van der Waals surface area contributed by atoms with Gasteiger partial charge in [-0.25, -0.2) is 4.98 Å². The minimum atomic E-state index is -0.178. The first-order chi connectivity index (χ1) is 10.1. The Balaban J connectivity index is 2.06. The highest BCUT2D eigenvalue weighted by Gasteiger charge is 2.09. The van der Waals surface area contributed by atoms with E-state index in [4.69, 9.17) is 5.11 Å². The number of hydrogen-bond donors (Lipinski definition) is 2. The van der Waals surface area contributed by atoms with E-state index in [0.29, 0.717) is 17.1 Å². The van der Waals surface area contributed by atoms with E-state index in [9.17, 15) is 4.79 Å². The molecule has 2 N–H and O–H groups in total. The molecule has 108 valence electrons. The molecular formula is C16H16N2O2S. The number of benzene rings is 1. The van der Waals surface area contributed by atoms with E-state index in [1.165, 1.54) is 11.3 Å². The summed E-state index contributed by atoms with van der Waals surface area (Å²) in [4.78, 5) is 17.0. The van der Waals surface area contributed by atoms with Gasteiger partial charge in [0.2, 0.25) is 0 Å². The van der Waals surface area contributed by atoms with E-state index in [0.717, 1.165) is 16.0 Å². The lowest BCUT2D eigenvalue weighted by atomic mass is 10.1. The van der Waals surface area contributed by atoms with E-state index in [-0.39, 0.29) is 12.5 Å². The quantitative estimate of drug-likeness (QED) is 0.857. The molecule has 2 rings (SSSR count). The molecule has 0 unspecified atom stereocenters. The number of thiazole rings is 1.